The lowest BCUT2D eigenvalue weighted by atomic mass is 10.2. The van der Waals surface area contributed by atoms with Crippen LogP contribution < -0.4 is 10.0 Å². The molecule has 0 radical (unpaired) electrons. The van der Waals surface area contributed by atoms with Gasteiger partial charge in [0, 0.05) is 24.3 Å². The molecule has 2 aromatic carbocycles. The van der Waals surface area contributed by atoms with Crippen LogP contribution in [0.25, 0.3) is 0 Å². The third kappa shape index (κ3) is 4.66. The van der Waals surface area contributed by atoms with Crippen molar-refractivity contribution in [1.82, 2.24) is 9.03 Å². The molecule has 0 aliphatic carbocycles. The van der Waals surface area contributed by atoms with Gasteiger partial charge in [-0.05, 0) is 56.5 Å². The summed E-state index contributed by atoms with van der Waals surface area (Å²) >= 11 is 0. The summed E-state index contributed by atoms with van der Waals surface area (Å²) in [5, 5.41) is 2.70. The summed E-state index contributed by atoms with van der Waals surface area (Å²) in [5.74, 6) is -0.387. The third-order valence-electron chi connectivity index (χ3n) is 5.75. The number of piperidine rings is 1. The van der Waals surface area contributed by atoms with E-state index in [0.717, 1.165) is 19.3 Å². The number of nitrogens with zero attached hydrogens (tertiary/aromatic N) is 2. The van der Waals surface area contributed by atoms with E-state index in [1.807, 2.05) is 0 Å². The second kappa shape index (κ2) is 8.88. The lowest BCUT2D eigenvalue weighted by Gasteiger charge is -2.26. The quantitative estimate of drug-likeness (QED) is 0.665. The Balaban J connectivity index is 1.55. The summed E-state index contributed by atoms with van der Waals surface area (Å²) in [6, 6.07) is 10.2. The lowest BCUT2D eigenvalue weighted by Crippen LogP contribution is -2.36. The van der Waals surface area contributed by atoms with Crippen LogP contribution in [-0.4, -0.2) is 52.0 Å². The molecule has 4 rings (SSSR count). The van der Waals surface area contributed by atoms with Crippen molar-refractivity contribution in [2.24, 2.45) is 4.99 Å². The Hall–Kier alpha value is -2.76. The largest absolute Gasteiger partial charge is 0.324 e. The fraction of sp³-hybridized carbons (Fsp3) is 0.364. The second-order valence-electron chi connectivity index (χ2n) is 8.19. The maximum absolute atomic E-state index is 13.1. The molecule has 0 saturated carbocycles. The van der Waals surface area contributed by atoms with Crippen molar-refractivity contribution in [3.05, 3.63) is 53.6 Å². The zero-order valence-electron chi connectivity index (χ0n) is 18.4. The Morgan fingerprint density at radius 1 is 1.12 bits per heavy atom. The smallest absolute Gasteiger partial charge is 0.263 e. The molecule has 1 amide bonds. The van der Waals surface area contributed by atoms with E-state index in [1.54, 1.807) is 37.3 Å². The molecule has 2 aliphatic heterocycles. The van der Waals surface area contributed by atoms with E-state index in [-0.39, 0.29) is 15.6 Å². The van der Waals surface area contributed by atoms with Gasteiger partial charge in [-0.1, -0.05) is 24.6 Å². The number of amides is 1. The molecule has 11 heteroatoms. The molecule has 2 aromatic rings. The van der Waals surface area contributed by atoms with E-state index in [9.17, 15) is 21.6 Å². The molecular formula is C22H26N4O5S2. The normalized spacial score (nSPS) is 20.1. The Bertz CT molecular complexity index is 1330. The number of sulfonamides is 2. The number of hydrogen-bond acceptors (Lipinski definition) is 6. The van der Waals surface area contributed by atoms with Gasteiger partial charge in [-0.3, -0.25) is 14.5 Å². The first-order valence-corrected chi connectivity index (χ1v) is 13.6. The van der Waals surface area contributed by atoms with Crippen molar-refractivity contribution >= 4 is 37.5 Å². The van der Waals surface area contributed by atoms with Crippen LogP contribution in [0, 0.1) is 6.92 Å². The highest BCUT2D eigenvalue weighted by molar-refractivity contribution is 7.90. The van der Waals surface area contributed by atoms with Crippen LogP contribution in [0.3, 0.4) is 0 Å². The minimum Gasteiger partial charge on any atom is -0.324 e. The van der Waals surface area contributed by atoms with E-state index in [0.29, 0.717) is 29.9 Å². The highest BCUT2D eigenvalue weighted by atomic mass is 32.2. The first-order chi connectivity index (χ1) is 15.6. The molecule has 2 N–H and O–H groups in total. The highest BCUT2D eigenvalue weighted by Crippen LogP contribution is 2.26. The van der Waals surface area contributed by atoms with Crippen LogP contribution in [0.1, 0.15) is 37.3 Å². The molecule has 1 saturated heterocycles. The summed E-state index contributed by atoms with van der Waals surface area (Å²) in [4.78, 5) is 17.3. The van der Waals surface area contributed by atoms with Gasteiger partial charge in [0.05, 0.1) is 9.79 Å². The molecule has 1 atom stereocenters. The molecule has 0 unspecified atom stereocenters. The number of aliphatic imine (C=N–C) groups is 1. The van der Waals surface area contributed by atoms with Gasteiger partial charge in [0.1, 0.15) is 11.9 Å². The van der Waals surface area contributed by atoms with E-state index in [2.05, 4.69) is 15.0 Å². The molecule has 176 valence electrons. The maximum atomic E-state index is 13.1. The molecule has 2 aliphatic rings. The number of rotatable bonds is 5. The first-order valence-electron chi connectivity index (χ1n) is 10.7. The van der Waals surface area contributed by atoms with Crippen molar-refractivity contribution in [2.45, 2.75) is 48.9 Å². The molecule has 0 spiro atoms. The predicted molar refractivity (Wildman–Crippen MR) is 125 cm³/mol. The van der Waals surface area contributed by atoms with Crippen LogP contribution in [0.2, 0.25) is 0 Å². The van der Waals surface area contributed by atoms with Crippen LogP contribution in [-0.2, 0) is 24.8 Å². The predicted octanol–water partition coefficient (Wildman–Crippen LogP) is 2.24. The Kier molecular flexibility index (Phi) is 6.30. The van der Waals surface area contributed by atoms with Gasteiger partial charge in [-0.15, -0.1) is 0 Å². The third-order valence-corrected chi connectivity index (χ3v) is 9.19. The van der Waals surface area contributed by atoms with E-state index < -0.39 is 32.0 Å². The average Bonchev–Trinajstić information content (AvgIpc) is 3.05. The number of carbonyl (C=O) groups is 1. The summed E-state index contributed by atoms with van der Waals surface area (Å²) in [5.41, 5.74) is 1.34. The SMILES string of the molecule is Cc1ccc(NC(=O)[C@H](C)N=C2NS(=O)(=O)c3ccccc32)cc1S(=O)(=O)N1CCCCC1. The van der Waals surface area contributed by atoms with Crippen LogP contribution >= 0.6 is 0 Å². The highest BCUT2D eigenvalue weighted by Gasteiger charge is 2.31. The Labute approximate surface area is 194 Å². The number of amidine groups is 1. The molecule has 2 heterocycles. The van der Waals surface area contributed by atoms with Crippen molar-refractivity contribution in [3.63, 3.8) is 0 Å². The van der Waals surface area contributed by atoms with Gasteiger partial charge in [0.25, 0.3) is 10.0 Å². The van der Waals surface area contributed by atoms with Gasteiger partial charge < -0.3 is 5.32 Å². The molecule has 9 nitrogen and oxygen atoms in total. The fourth-order valence-corrected chi connectivity index (χ4v) is 6.94. The average molecular weight is 491 g/mol. The van der Waals surface area contributed by atoms with E-state index >= 15 is 0 Å². The van der Waals surface area contributed by atoms with Gasteiger partial charge in [0.15, 0.2) is 0 Å². The van der Waals surface area contributed by atoms with Gasteiger partial charge in [-0.2, -0.15) is 4.31 Å². The van der Waals surface area contributed by atoms with Crippen LogP contribution in [0.5, 0.6) is 0 Å². The standard InChI is InChI=1S/C22H26N4O5S2/c1-15-10-11-17(14-20(15)33(30,31)26-12-6-3-7-13-26)24-22(27)16(2)23-21-18-8-4-5-9-19(18)32(28,29)25-21/h4-5,8-11,14,16H,3,6-7,12-13H2,1-2H3,(H,23,25)(H,24,27)/t16-/m0/s1. The van der Waals surface area contributed by atoms with Crippen molar-refractivity contribution in [3.8, 4) is 0 Å². The number of anilines is 1. The topological polar surface area (TPSA) is 125 Å². The van der Waals surface area contributed by atoms with Crippen molar-refractivity contribution < 1.29 is 21.6 Å². The molecule has 1 fully saturated rings. The minimum absolute atomic E-state index is 0.102. The van der Waals surface area contributed by atoms with E-state index in [4.69, 9.17) is 0 Å². The van der Waals surface area contributed by atoms with Gasteiger partial charge in [-0.25, -0.2) is 16.8 Å². The van der Waals surface area contributed by atoms with Crippen LogP contribution in [0.15, 0.2) is 57.2 Å². The summed E-state index contributed by atoms with van der Waals surface area (Å²) in [6.07, 6.45) is 2.68. The fourth-order valence-electron chi connectivity index (χ4n) is 3.93. The van der Waals surface area contributed by atoms with Gasteiger partial charge >= 0.3 is 0 Å². The number of fused-ring (bicyclic) bond motifs is 1. The zero-order valence-corrected chi connectivity index (χ0v) is 20.0. The molecule has 33 heavy (non-hydrogen) atoms. The summed E-state index contributed by atoms with van der Waals surface area (Å²) < 4.78 is 54.6. The van der Waals surface area contributed by atoms with Gasteiger partial charge in [0.2, 0.25) is 15.9 Å². The number of aryl methyl sites for hydroxylation is 1. The van der Waals surface area contributed by atoms with Crippen molar-refractivity contribution in [1.29, 1.82) is 0 Å². The minimum atomic E-state index is -3.71. The lowest BCUT2D eigenvalue weighted by molar-refractivity contribution is -0.117. The summed E-state index contributed by atoms with van der Waals surface area (Å²) in [7, 11) is -7.36. The summed E-state index contributed by atoms with van der Waals surface area (Å²) in [6.45, 7) is 4.24. The second-order valence-corrected chi connectivity index (χ2v) is 11.7. The van der Waals surface area contributed by atoms with Crippen molar-refractivity contribution in [2.75, 3.05) is 18.4 Å². The Morgan fingerprint density at radius 2 is 1.82 bits per heavy atom. The maximum Gasteiger partial charge on any atom is 0.263 e. The monoisotopic (exact) mass is 490 g/mol. The van der Waals surface area contributed by atoms with E-state index in [1.165, 1.54) is 23.4 Å². The first kappa shape index (κ1) is 23.4. The zero-order chi connectivity index (χ0) is 23.8. The number of nitrogens with one attached hydrogen (secondary N) is 2. The number of carbonyl (C=O) groups excluding carboxylic acids is 1. The van der Waals surface area contributed by atoms with Crippen LogP contribution in [0.4, 0.5) is 5.69 Å². The molecular weight excluding hydrogens is 464 g/mol. The molecule has 0 bridgehead atoms. The number of hydrogen-bond donors (Lipinski definition) is 2. The number of benzene rings is 2. The Morgan fingerprint density at radius 3 is 2.55 bits per heavy atom. The molecule has 0 aromatic heterocycles.